The average molecular weight is 592 g/mol. The fourth-order valence-corrected chi connectivity index (χ4v) is 5.70. The monoisotopic (exact) mass is 591 g/mol. The molecule has 4 rings (SSSR count). The summed E-state index contributed by atoms with van der Waals surface area (Å²) in [4.78, 5) is 39.2. The third-order valence-electron chi connectivity index (χ3n) is 7.95. The van der Waals surface area contributed by atoms with Crippen molar-refractivity contribution in [2.24, 2.45) is 0 Å². The van der Waals surface area contributed by atoms with Crippen molar-refractivity contribution >= 4 is 18.0 Å². The smallest absolute Gasteiger partial charge is 0.416 e. The number of hydrogen-bond donors (Lipinski definition) is 2. The molecular formula is C30H36F3N3O6. The summed E-state index contributed by atoms with van der Waals surface area (Å²) in [5.74, 6) is -0.715. The zero-order valence-corrected chi connectivity index (χ0v) is 23.9. The molecule has 0 aromatic heterocycles. The Labute approximate surface area is 242 Å². The van der Waals surface area contributed by atoms with Gasteiger partial charge in [0, 0.05) is 13.0 Å². The third kappa shape index (κ3) is 7.04. The van der Waals surface area contributed by atoms with Gasteiger partial charge in [0.25, 0.3) is 0 Å². The zero-order chi connectivity index (χ0) is 30.5. The number of amides is 2. The lowest BCUT2D eigenvalue weighted by atomic mass is 9.74. The first-order valence-corrected chi connectivity index (χ1v) is 13.8. The Bertz CT molecular complexity index is 1290. The largest absolute Gasteiger partial charge is 0.427 e. The Morgan fingerprint density at radius 3 is 2.48 bits per heavy atom. The van der Waals surface area contributed by atoms with Gasteiger partial charge in [0.15, 0.2) is 0 Å². The number of rotatable bonds is 9. The molecule has 228 valence electrons. The topological polar surface area (TPSA) is 106 Å². The molecule has 2 amide bonds. The van der Waals surface area contributed by atoms with E-state index in [1.165, 1.54) is 4.90 Å². The number of carbonyl (C=O) groups excluding carboxylic acids is 3. The highest BCUT2D eigenvalue weighted by Gasteiger charge is 2.54. The van der Waals surface area contributed by atoms with Crippen molar-refractivity contribution in [1.29, 1.82) is 0 Å². The minimum absolute atomic E-state index is 0.0634. The molecule has 2 saturated heterocycles. The molecule has 2 N–H and O–H groups in total. The van der Waals surface area contributed by atoms with Crippen LogP contribution < -0.4 is 10.6 Å². The van der Waals surface area contributed by atoms with E-state index in [-0.39, 0.29) is 25.6 Å². The van der Waals surface area contributed by atoms with Gasteiger partial charge in [-0.1, -0.05) is 42.0 Å². The maximum Gasteiger partial charge on any atom is 0.416 e. The van der Waals surface area contributed by atoms with E-state index in [2.05, 4.69) is 10.6 Å². The van der Waals surface area contributed by atoms with Crippen molar-refractivity contribution < 1.29 is 41.8 Å². The summed E-state index contributed by atoms with van der Waals surface area (Å²) in [5.41, 5.74) is -0.979. The van der Waals surface area contributed by atoms with Crippen molar-refractivity contribution in [3.63, 3.8) is 0 Å². The fourth-order valence-electron chi connectivity index (χ4n) is 5.70. The first kappa shape index (κ1) is 31.3. The normalized spacial score (nSPS) is 23.0. The maximum absolute atomic E-state index is 13.7. The number of nitrogens with one attached hydrogen (secondary N) is 2. The summed E-state index contributed by atoms with van der Waals surface area (Å²) in [5, 5.41) is 5.67. The predicted molar refractivity (Wildman–Crippen MR) is 146 cm³/mol. The second kappa shape index (κ2) is 12.7. The van der Waals surface area contributed by atoms with Crippen molar-refractivity contribution in [2.45, 2.75) is 62.9 Å². The number of aryl methyl sites for hydroxylation is 1. The van der Waals surface area contributed by atoms with E-state index in [1.54, 1.807) is 27.0 Å². The molecule has 0 radical (unpaired) electrons. The van der Waals surface area contributed by atoms with Gasteiger partial charge in [-0.05, 0) is 63.4 Å². The predicted octanol–water partition coefficient (Wildman–Crippen LogP) is 4.59. The number of ether oxygens (including phenoxy) is 3. The summed E-state index contributed by atoms with van der Waals surface area (Å²) in [7, 11) is 1.58. The molecule has 2 aromatic carbocycles. The molecule has 2 aliphatic heterocycles. The Hall–Kier alpha value is -3.64. The molecule has 3 atom stereocenters. The standard InChI is InChI=1S/C30H36F3N3O6/c1-20-13-22(15-24(14-20)30(31,32)33)21(2)40-18-29(23-7-5-4-6-8-23)12-11-28(10-9-25(37)35-28)17-36(29)27(39)42-19-41-26(38)16-34-3/h4-8,13-15,21,34H,9-12,16-19H2,1-3H3,(H,35,37)/t21-,28-,29-/m1/s1. The van der Waals surface area contributed by atoms with Crippen LogP contribution in [-0.2, 0) is 35.5 Å². The van der Waals surface area contributed by atoms with Crippen LogP contribution in [0.2, 0.25) is 0 Å². The van der Waals surface area contributed by atoms with Crippen molar-refractivity contribution in [2.75, 3.05) is 33.5 Å². The highest BCUT2D eigenvalue weighted by Crippen LogP contribution is 2.45. The average Bonchev–Trinajstić information content (AvgIpc) is 3.31. The zero-order valence-electron chi connectivity index (χ0n) is 23.9. The number of likely N-dealkylation sites (tertiary alicyclic amines) is 1. The van der Waals surface area contributed by atoms with Crippen molar-refractivity contribution in [1.82, 2.24) is 15.5 Å². The van der Waals surface area contributed by atoms with Crippen LogP contribution in [0.1, 0.15) is 61.0 Å². The molecule has 0 aliphatic carbocycles. The fraction of sp³-hybridized carbons (Fsp3) is 0.500. The van der Waals surface area contributed by atoms with Crippen LogP contribution in [0.4, 0.5) is 18.0 Å². The van der Waals surface area contributed by atoms with Crippen LogP contribution in [0.3, 0.4) is 0 Å². The van der Waals surface area contributed by atoms with Gasteiger partial charge < -0.3 is 24.8 Å². The molecule has 12 heteroatoms. The van der Waals surface area contributed by atoms with E-state index in [0.717, 1.165) is 17.7 Å². The van der Waals surface area contributed by atoms with Crippen LogP contribution >= 0.6 is 0 Å². The first-order chi connectivity index (χ1) is 19.9. The van der Waals surface area contributed by atoms with Crippen molar-refractivity contribution in [3.8, 4) is 0 Å². The highest BCUT2D eigenvalue weighted by atomic mass is 19.4. The second-order valence-corrected chi connectivity index (χ2v) is 11.0. The lowest BCUT2D eigenvalue weighted by molar-refractivity contribution is -0.153. The summed E-state index contributed by atoms with van der Waals surface area (Å²) in [6, 6.07) is 13.0. The Morgan fingerprint density at radius 1 is 1.10 bits per heavy atom. The molecule has 2 fully saturated rings. The molecule has 2 aromatic rings. The minimum atomic E-state index is -4.51. The Balaban J connectivity index is 1.65. The van der Waals surface area contributed by atoms with Gasteiger partial charge in [0.05, 0.1) is 35.9 Å². The molecule has 0 bridgehead atoms. The highest BCUT2D eigenvalue weighted by molar-refractivity contribution is 5.80. The van der Waals surface area contributed by atoms with Gasteiger partial charge in [-0.2, -0.15) is 13.2 Å². The van der Waals surface area contributed by atoms with Gasteiger partial charge in [-0.3, -0.25) is 14.5 Å². The summed E-state index contributed by atoms with van der Waals surface area (Å²) in [6.07, 6.45) is -4.26. The van der Waals surface area contributed by atoms with Crippen LogP contribution in [-0.4, -0.2) is 61.9 Å². The van der Waals surface area contributed by atoms with E-state index in [1.807, 2.05) is 30.3 Å². The third-order valence-corrected chi connectivity index (χ3v) is 7.95. The summed E-state index contributed by atoms with van der Waals surface area (Å²) < 4.78 is 57.2. The SMILES string of the molecule is CNCC(=O)OCOC(=O)N1C[C@@]2(CCC(=O)N2)CC[C@@]1(CO[C@H](C)c1cc(C)cc(C(F)(F)F)c1)c1ccccc1. The maximum atomic E-state index is 13.7. The molecule has 42 heavy (non-hydrogen) atoms. The van der Waals surface area contributed by atoms with E-state index in [9.17, 15) is 27.6 Å². The van der Waals surface area contributed by atoms with Gasteiger partial charge in [0.2, 0.25) is 12.7 Å². The Kier molecular flexibility index (Phi) is 9.47. The number of alkyl halides is 3. The van der Waals surface area contributed by atoms with E-state index in [4.69, 9.17) is 14.2 Å². The molecule has 1 spiro atoms. The molecule has 0 saturated carbocycles. The quantitative estimate of drug-likeness (QED) is 0.325. The second-order valence-electron chi connectivity index (χ2n) is 11.0. The number of halogens is 3. The number of hydrogen-bond acceptors (Lipinski definition) is 7. The first-order valence-electron chi connectivity index (χ1n) is 13.8. The van der Waals surface area contributed by atoms with Crippen LogP contribution in [0.5, 0.6) is 0 Å². The molecule has 2 aliphatic rings. The van der Waals surface area contributed by atoms with Crippen LogP contribution in [0.15, 0.2) is 48.5 Å². The lowest BCUT2D eigenvalue weighted by Gasteiger charge is -2.52. The number of esters is 1. The van der Waals surface area contributed by atoms with Gasteiger partial charge in [-0.15, -0.1) is 0 Å². The van der Waals surface area contributed by atoms with E-state index in [0.29, 0.717) is 36.8 Å². The molecular weight excluding hydrogens is 555 g/mol. The van der Waals surface area contributed by atoms with Crippen LogP contribution in [0.25, 0.3) is 0 Å². The number of piperidine rings is 1. The number of carbonyl (C=O) groups is 3. The van der Waals surface area contributed by atoms with Gasteiger partial charge >= 0.3 is 18.2 Å². The van der Waals surface area contributed by atoms with Crippen molar-refractivity contribution in [3.05, 3.63) is 70.8 Å². The summed E-state index contributed by atoms with van der Waals surface area (Å²) in [6.45, 7) is 2.63. The van der Waals surface area contributed by atoms with E-state index >= 15 is 0 Å². The molecule has 0 unspecified atom stereocenters. The molecule has 2 heterocycles. The van der Waals surface area contributed by atoms with E-state index < -0.39 is 47.8 Å². The minimum Gasteiger partial charge on any atom is -0.427 e. The number of benzene rings is 2. The van der Waals surface area contributed by atoms with Gasteiger partial charge in [-0.25, -0.2) is 4.79 Å². The lowest BCUT2D eigenvalue weighted by Crippen LogP contribution is -2.65. The number of nitrogens with zero attached hydrogens (tertiary/aromatic N) is 1. The van der Waals surface area contributed by atoms with Crippen LogP contribution in [0, 0.1) is 6.92 Å². The molecule has 9 nitrogen and oxygen atoms in total. The number of likely N-dealkylation sites (N-methyl/N-ethyl adjacent to an activating group) is 1. The Morgan fingerprint density at radius 2 is 1.83 bits per heavy atom. The summed E-state index contributed by atoms with van der Waals surface area (Å²) >= 11 is 0. The van der Waals surface area contributed by atoms with Gasteiger partial charge in [0.1, 0.15) is 0 Å².